The second kappa shape index (κ2) is 17.6. The van der Waals surface area contributed by atoms with Gasteiger partial charge in [0, 0.05) is 6.54 Å². The Morgan fingerprint density at radius 2 is 0.833 bits per heavy atom. The van der Waals surface area contributed by atoms with E-state index in [0.717, 1.165) is 34.1 Å². The lowest BCUT2D eigenvalue weighted by molar-refractivity contribution is -0.226. The first-order chi connectivity index (χ1) is 23.8. The average Bonchev–Trinajstić information content (AvgIpc) is 3.15. The summed E-state index contributed by atoms with van der Waals surface area (Å²) in [6, 6.07) is 49.7. The molecule has 1 fully saturated rings. The maximum absolute atomic E-state index is 13.3. The molecule has 5 aromatic carbocycles. The molecule has 5 atom stereocenters. The van der Waals surface area contributed by atoms with E-state index in [1.165, 1.54) is 0 Å². The Kier molecular flexibility index (Phi) is 12.3. The van der Waals surface area contributed by atoms with Gasteiger partial charge in [0.05, 0.1) is 45.1 Å². The predicted molar refractivity (Wildman–Crippen MR) is 187 cm³/mol. The van der Waals surface area contributed by atoms with Crippen molar-refractivity contribution in [3.8, 4) is 0 Å². The monoisotopic (exact) mass is 641 g/mol. The number of ether oxygens (including phenoxy) is 4. The molecule has 1 aliphatic heterocycles. The van der Waals surface area contributed by atoms with Gasteiger partial charge in [0.15, 0.2) is 0 Å². The summed E-state index contributed by atoms with van der Waals surface area (Å²) in [4.78, 5) is 15.5. The van der Waals surface area contributed by atoms with Crippen LogP contribution in [0.25, 0.3) is 0 Å². The molecule has 0 bridgehead atoms. The lowest BCUT2D eigenvalue weighted by atomic mass is 9.87. The molecule has 6 nitrogen and oxygen atoms in total. The van der Waals surface area contributed by atoms with Crippen molar-refractivity contribution in [3.05, 3.63) is 179 Å². The first-order valence-electron chi connectivity index (χ1n) is 16.6. The molecule has 0 aromatic heterocycles. The third-order valence-corrected chi connectivity index (χ3v) is 8.78. The van der Waals surface area contributed by atoms with Crippen molar-refractivity contribution in [1.29, 1.82) is 0 Å². The molecule has 0 amide bonds. The van der Waals surface area contributed by atoms with Crippen LogP contribution in [0.15, 0.2) is 152 Å². The van der Waals surface area contributed by atoms with Gasteiger partial charge in [-0.3, -0.25) is 4.90 Å². The normalized spacial score (nSPS) is 21.1. The highest BCUT2D eigenvalue weighted by atomic mass is 16.6. The van der Waals surface area contributed by atoms with Gasteiger partial charge >= 0.3 is 0 Å². The number of rotatable bonds is 16. The highest BCUT2D eigenvalue weighted by Crippen LogP contribution is 2.34. The molecule has 1 saturated heterocycles. The number of benzene rings is 5. The molecule has 0 aliphatic carbocycles. The zero-order valence-corrected chi connectivity index (χ0v) is 27.1. The Morgan fingerprint density at radius 3 is 1.27 bits per heavy atom. The topological polar surface area (TPSA) is 57.2 Å². The summed E-state index contributed by atoms with van der Waals surface area (Å²) < 4.78 is 26.9. The lowest BCUT2D eigenvalue weighted by Crippen LogP contribution is -2.69. The fourth-order valence-electron chi connectivity index (χ4n) is 6.32. The van der Waals surface area contributed by atoms with Crippen LogP contribution in [0, 0.1) is 0 Å². The second-order valence-corrected chi connectivity index (χ2v) is 12.1. The summed E-state index contributed by atoms with van der Waals surface area (Å²) in [5.41, 5.74) is 5.28. The number of likely N-dealkylation sites (tertiary alicyclic amines) is 1. The molecular formula is C42H43NO5. The summed E-state index contributed by atoms with van der Waals surface area (Å²) in [6.45, 7) is 2.36. The predicted octanol–water partition coefficient (Wildman–Crippen LogP) is 7.41. The van der Waals surface area contributed by atoms with Crippen LogP contribution in [-0.4, -0.2) is 48.2 Å². The van der Waals surface area contributed by atoms with Crippen molar-refractivity contribution in [3.63, 3.8) is 0 Å². The molecule has 48 heavy (non-hydrogen) atoms. The number of nitrogens with zero attached hydrogens (tertiary/aromatic N) is 1. The minimum atomic E-state index is -0.614. The number of hydrogen-bond donors (Lipinski definition) is 0. The van der Waals surface area contributed by atoms with Crippen molar-refractivity contribution >= 4 is 6.29 Å². The van der Waals surface area contributed by atoms with Gasteiger partial charge in [-0.1, -0.05) is 152 Å². The Bertz CT molecular complexity index is 1620. The fourth-order valence-corrected chi connectivity index (χ4v) is 6.32. The Balaban J connectivity index is 1.37. The van der Waals surface area contributed by atoms with Gasteiger partial charge in [-0.2, -0.15) is 0 Å². The zero-order chi connectivity index (χ0) is 32.8. The Morgan fingerprint density at radius 1 is 0.458 bits per heavy atom. The Hall–Kier alpha value is -4.43. The van der Waals surface area contributed by atoms with Crippen molar-refractivity contribution in [2.24, 2.45) is 0 Å². The van der Waals surface area contributed by atoms with E-state index in [1.54, 1.807) is 0 Å². The van der Waals surface area contributed by atoms with E-state index < -0.39 is 24.4 Å². The van der Waals surface area contributed by atoms with Crippen molar-refractivity contribution in [2.75, 3.05) is 6.61 Å². The summed E-state index contributed by atoms with van der Waals surface area (Å²) in [5.74, 6) is 0. The van der Waals surface area contributed by atoms with Gasteiger partial charge < -0.3 is 23.7 Å². The van der Waals surface area contributed by atoms with E-state index in [-0.39, 0.29) is 6.04 Å². The number of aldehydes is 1. The highest BCUT2D eigenvalue weighted by molar-refractivity contribution is 5.60. The van der Waals surface area contributed by atoms with Crippen molar-refractivity contribution < 1.29 is 23.7 Å². The minimum absolute atomic E-state index is 0.315. The van der Waals surface area contributed by atoms with Crippen LogP contribution in [-0.2, 0) is 56.7 Å². The summed E-state index contributed by atoms with van der Waals surface area (Å²) in [7, 11) is 0. The third-order valence-electron chi connectivity index (χ3n) is 8.78. The Labute approximate surface area is 283 Å². The molecule has 1 aliphatic rings. The number of carbonyl (C=O) groups is 1. The molecule has 0 N–H and O–H groups in total. The van der Waals surface area contributed by atoms with E-state index in [9.17, 15) is 4.79 Å². The molecule has 6 rings (SSSR count). The van der Waals surface area contributed by atoms with E-state index in [2.05, 4.69) is 41.3 Å². The summed E-state index contributed by atoms with van der Waals surface area (Å²) in [6.07, 6.45) is -0.647. The molecule has 0 spiro atoms. The van der Waals surface area contributed by atoms with E-state index in [1.807, 2.05) is 115 Å². The lowest BCUT2D eigenvalue weighted by Gasteiger charge is -2.51. The van der Waals surface area contributed by atoms with Crippen LogP contribution < -0.4 is 0 Å². The molecule has 6 heteroatoms. The molecule has 5 aromatic rings. The standard InChI is InChI=1S/C42H43NO5/c44-27-38-40(46-29-35-20-10-3-11-21-35)42(48-31-37-24-14-5-15-25-37)41(47-30-36-22-12-4-13-23-36)39(32-45-28-34-18-8-2-9-19-34)43(38)26-33-16-6-1-7-17-33/h1-25,27,38-42H,26,28-32H2/t38-,39+,40+,41-,42-/m1/s1. The zero-order valence-electron chi connectivity index (χ0n) is 27.1. The maximum Gasteiger partial charge on any atom is 0.139 e. The van der Waals surface area contributed by atoms with Gasteiger partial charge in [-0.05, 0) is 27.8 Å². The molecule has 0 unspecified atom stereocenters. The number of piperidine rings is 1. The van der Waals surface area contributed by atoms with Gasteiger partial charge in [0.2, 0.25) is 0 Å². The number of carbonyl (C=O) groups excluding carboxylic acids is 1. The van der Waals surface area contributed by atoms with Crippen LogP contribution in [0.3, 0.4) is 0 Å². The smallest absolute Gasteiger partial charge is 0.139 e. The van der Waals surface area contributed by atoms with Gasteiger partial charge in [-0.25, -0.2) is 0 Å². The molecule has 0 saturated carbocycles. The third kappa shape index (κ3) is 9.13. The number of hydrogen-bond acceptors (Lipinski definition) is 6. The summed E-state index contributed by atoms with van der Waals surface area (Å²) in [5, 5.41) is 0. The quantitative estimate of drug-likeness (QED) is 0.105. The first-order valence-corrected chi connectivity index (χ1v) is 16.6. The fraction of sp³-hybridized carbons (Fsp3) is 0.262. The summed E-state index contributed by atoms with van der Waals surface area (Å²) >= 11 is 0. The van der Waals surface area contributed by atoms with Crippen LogP contribution in [0.2, 0.25) is 0 Å². The molecular weight excluding hydrogens is 598 g/mol. The molecule has 246 valence electrons. The first kappa shape index (κ1) is 33.5. The van der Waals surface area contributed by atoms with Crippen LogP contribution in [0.5, 0.6) is 0 Å². The van der Waals surface area contributed by atoms with Gasteiger partial charge in [0.1, 0.15) is 24.6 Å². The van der Waals surface area contributed by atoms with E-state index in [4.69, 9.17) is 18.9 Å². The van der Waals surface area contributed by atoms with Crippen molar-refractivity contribution in [2.45, 2.75) is 63.4 Å². The van der Waals surface area contributed by atoms with Crippen LogP contribution >= 0.6 is 0 Å². The van der Waals surface area contributed by atoms with Crippen LogP contribution in [0.4, 0.5) is 0 Å². The van der Waals surface area contributed by atoms with Crippen molar-refractivity contribution in [1.82, 2.24) is 4.90 Å². The van der Waals surface area contributed by atoms with Gasteiger partial charge in [-0.15, -0.1) is 0 Å². The average molecular weight is 642 g/mol. The maximum atomic E-state index is 13.3. The van der Waals surface area contributed by atoms with E-state index >= 15 is 0 Å². The van der Waals surface area contributed by atoms with Crippen LogP contribution in [0.1, 0.15) is 27.8 Å². The van der Waals surface area contributed by atoms with E-state index in [0.29, 0.717) is 39.6 Å². The van der Waals surface area contributed by atoms with Gasteiger partial charge in [0.25, 0.3) is 0 Å². The minimum Gasteiger partial charge on any atom is -0.375 e. The largest absolute Gasteiger partial charge is 0.375 e. The molecule has 1 heterocycles. The SMILES string of the molecule is O=C[C@@H]1[C@H](OCc2ccccc2)[C@@H](OCc2ccccc2)[C@H](OCc2ccccc2)[C@H](COCc2ccccc2)N1Cc1ccccc1. The molecule has 0 radical (unpaired) electrons. The second-order valence-electron chi connectivity index (χ2n) is 12.1. The highest BCUT2D eigenvalue weighted by Gasteiger charge is 2.51.